The highest BCUT2D eigenvalue weighted by molar-refractivity contribution is 5.92. The summed E-state index contributed by atoms with van der Waals surface area (Å²) in [7, 11) is 0. The fraction of sp³-hybridized carbons (Fsp3) is 0.333. The summed E-state index contributed by atoms with van der Waals surface area (Å²) >= 11 is 0. The third kappa shape index (κ3) is 4.08. The van der Waals surface area contributed by atoms with E-state index in [1.807, 2.05) is 6.07 Å². The molecule has 0 saturated carbocycles. The molecule has 3 rings (SSSR count). The number of carbonyl (C=O) groups excluding carboxylic acids is 1. The van der Waals surface area contributed by atoms with Crippen LogP contribution < -0.4 is 10.9 Å². The molecule has 6 heteroatoms. The number of halogens is 1. The van der Waals surface area contributed by atoms with Gasteiger partial charge in [0.2, 0.25) is 5.56 Å². The van der Waals surface area contributed by atoms with Crippen LogP contribution in [0.25, 0.3) is 0 Å². The Morgan fingerprint density at radius 2 is 2.08 bits per heavy atom. The Hall–Kier alpha value is -2.47. The molecular weight excluding hydrogens is 309 g/mol. The van der Waals surface area contributed by atoms with E-state index < -0.39 is 0 Å². The molecule has 0 radical (unpaired) electrons. The molecule has 2 aromatic rings. The van der Waals surface area contributed by atoms with Gasteiger partial charge in [-0.1, -0.05) is 24.3 Å². The zero-order valence-electron chi connectivity index (χ0n) is 13.3. The van der Waals surface area contributed by atoms with Gasteiger partial charge in [-0.15, -0.1) is 0 Å². The molecule has 5 nitrogen and oxygen atoms in total. The molecule has 1 aliphatic rings. The molecule has 1 aliphatic heterocycles. The van der Waals surface area contributed by atoms with E-state index in [4.69, 9.17) is 0 Å². The van der Waals surface area contributed by atoms with E-state index in [1.54, 1.807) is 24.3 Å². The molecular formula is C18H20FN3O2. The summed E-state index contributed by atoms with van der Waals surface area (Å²) in [6.45, 7) is 2.84. The molecule has 0 spiro atoms. The molecule has 1 unspecified atom stereocenters. The quantitative estimate of drug-likeness (QED) is 0.879. The van der Waals surface area contributed by atoms with Crippen LogP contribution in [0, 0.1) is 11.7 Å². The number of hydrogen-bond acceptors (Lipinski definition) is 3. The maximum Gasteiger partial charge on any atom is 0.267 e. The molecule has 1 amide bonds. The molecule has 2 N–H and O–H groups in total. The number of aromatic amines is 1. The first-order valence-corrected chi connectivity index (χ1v) is 8.05. The van der Waals surface area contributed by atoms with Gasteiger partial charge in [-0.25, -0.2) is 4.39 Å². The van der Waals surface area contributed by atoms with Crippen molar-refractivity contribution in [1.82, 2.24) is 15.2 Å². The Morgan fingerprint density at radius 1 is 1.25 bits per heavy atom. The van der Waals surface area contributed by atoms with Crippen molar-refractivity contribution < 1.29 is 9.18 Å². The Bertz CT molecular complexity index is 775. The van der Waals surface area contributed by atoms with Gasteiger partial charge in [0.25, 0.3) is 5.91 Å². The minimum atomic E-state index is -0.292. The molecule has 0 bridgehead atoms. The van der Waals surface area contributed by atoms with Crippen LogP contribution in [0.4, 0.5) is 4.39 Å². The highest BCUT2D eigenvalue weighted by Crippen LogP contribution is 2.19. The topological polar surface area (TPSA) is 65.2 Å². The molecule has 0 aliphatic carbocycles. The smallest absolute Gasteiger partial charge is 0.267 e. The number of rotatable bonds is 5. The molecule has 1 fully saturated rings. The summed E-state index contributed by atoms with van der Waals surface area (Å²) < 4.78 is 13.7. The number of nitrogens with zero attached hydrogens (tertiary/aromatic N) is 1. The van der Waals surface area contributed by atoms with Crippen LogP contribution in [0.2, 0.25) is 0 Å². The molecule has 1 atom stereocenters. The van der Waals surface area contributed by atoms with Crippen LogP contribution in [0.1, 0.15) is 22.5 Å². The molecule has 24 heavy (non-hydrogen) atoms. The lowest BCUT2D eigenvalue weighted by molar-refractivity contribution is 0.0942. The van der Waals surface area contributed by atoms with Crippen molar-refractivity contribution >= 4 is 5.91 Å². The normalized spacial score (nSPS) is 17.8. The molecule has 1 aromatic heterocycles. The van der Waals surface area contributed by atoms with E-state index in [0.29, 0.717) is 24.6 Å². The van der Waals surface area contributed by atoms with Crippen LogP contribution in [-0.4, -0.2) is 35.4 Å². The van der Waals surface area contributed by atoms with Crippen LogP contribution in [-0.2, 0) is 6.54 Å². The maximum absolute atomic E-state index is 13.7. The van der Waals surface area contributed by atoms with Crippen LogP contribution >= 0.6 is 0 Å². The standard InChI is InChI=1S/C18H20FN3O2/c19-15-5-2-1-4-14(15)12-22-9-8-13(11-22)10-20-18(24)16-6-3-7-17(23)21-16/h1-7,13H,8-12H2,(H,20,24)(H,21,23). The number of nitrogens with one attached hydrogen (secondary N) is 2. The van der Waals surface area contributed by atoms with Gasteiger partial charge in [0.1, 0.15) is 11.5 Å². The number of H-pyrrole nitrogens is 1. The maximum atomic E-state index is 13.7. The fourth-order valence-electron chi connectivity index (χ4n) is 3.00. The lowest BCUT2D eigenvalue weighted by Gasteiger charge is -2.16. The Kier molecular flexibility index (Phi) is 5.05. The van der Waals surface area contributed by atoms with Crippen molar-refractivity contribution in [2.24, 2.45) is 5.92 Å². The third-order valence-corrected chi connectivity index (χ3v) is 4.29. The summed E-state index contributed by atoms with van der Waals surface area (Å²) in [5.41, 5.74) is 0.673. The minimum Gasteiger partial charge on any atom is -0.350 e. The number of likely N-dealkylation sites (tertiary alicyclic amines) is 1. The molecule has 1 saturated heterocycles. The number of amides is 1. The number of benzene rings is 1. The van der Waals surface area contributed by atoms with Gasteiger partial charge >= 0.3 is 0 Å². The van der Waals surface area contributed by atoms with Gasteiger partial charge in [-0.05, 0) is 31.0 Å². The summed E-state index contributed by atoms with van der Waals surface area (Å²) in [6.07, 6.45) is 0.958. The second-order valence-corrected chi connectivity index (χ2v) is 6.12. The van der Waals surface area contributed by atoms with Crippen molar-refractivity contribution in [3.05, 3.63) is 69.9 Å². The first kappa shape index (κ1) is 16.4. The number of aromatic nitrogens is 1. The van der Waals surface area contributed by atoms with Crippen molar-refractivity contribution in [3.8, 4) is 0 Å². The van der Waals surface area contributed by atoms with Gasteiger partial charge in [-0.3, -0.25) is 14.5 Å². The number of hydrogen-bond donors (Lipinski definition) is 2. The van der Waals surface area contributed by atoms with Gasteiger partial charge < -0.3 is 10.3 Å². The lowest BCUT2D eigenvalue weighted by atomic mass is 10.1. The monoisotopic (exact) mass is 329 g/mol. The van der Waals surface area contributed by atoms with E-state index in [2.05, 4.69) is 15.2 Å². The highest BCUT2D eigenvalue weighted by atomic mass is 19.1. The average Bonchev–Trinajstić information content (AvgIpc) is 3.02. The lowest BCUT2D eigenvalue weighted by Crippen LogP contribution is -2.32. The average molecular weight is 329 g/mol. The van der Waals surface area contributed by atoms with E-state index in [1.165, 1.54) is 12.1 Å². The van der Waals surface area contributed by atoms with Crippen molar-refractivity contribution in [2.45, 2.75) is 13.0 Å². The van der Waals surface area contributed by atoms with Crippen LogP contribution in [0.5, 0.6) is 0 Å². The van der Waals surface area contributed by atoms with Crippen LogP contribution in [0.15, 0.2) is 47.3 Å². The summed E-state index contributed by atoms with van der Waals surface area (Å²) in [5, 5.41) is 2.85. The summed E-state index contributed by atoms with van der Waals surface area (Å²) in [4.78, 5) is 28.0. The third-order valence-electron chi connectivity index (χ3n) is 4.29. The van der Waals surface area contributed by atoms with E-state index in [0.717, 1.165) is 19.5 Å². The number of carbonyl (C=O) groups is 1. The predicted octanol–water partition coefficient (Wildman–Crippen LogP) is 1.77. The second-order valence-electron chi connectivity index (χ2n) is 6.12. The molecule has 126 valence electrons. The zero-order valence-corrected chi connectivity index (χ0v) is 13.3. The van der Waals surface area contributed by atoms with Gasteiger partial charge in [-0.2, -0.15) is 0 Å². The van der Waals surface area contributed by atoms with Gasteiger partial charge in [0.15, 0.2) is 0 Å². The van der Waals surface area contributed by atoms with Crippen molar-refractivity contribution in [2.75, 3.05) is 19.6 Å². The predicted molar refractivity (Wildman–Crippen MR) is 89.2 cm³/mol. The Morgan fingerprint density at radius 3 is 2.88 bits per heavy atom. The van der Waals surface area contributed by atoms with Crippen molar-refractivity contribution in [1.29, 1.82) is 0 Å². The molecule has 2 heterocycles. The largest absolute Gasteiger partial charge is 0.350 e. The number of pyridine rings is 1. The highest BCUT2D eigenvalue weighted by Gasteiger charge is 2.23. The van der Waals surface area contributed by atoms with Crippen molar-refractivity contribution in [3.63, 3.8) is 0 Å². The SMILES string of the molecule is O=C(NCC1CCN(Cc2ccccc2F)C1)c1cccc(=O)[nH]1. The zero-order chi connectivity index (χ0) is 16.9. The first-order valence-electron chi connectivity index (χ1n) is 8.05. The summed E-state index contributed by atoms with van der Waals surface area (Å²) in [5.74, 6) is -0.126. The fourth-order valence-corrected chi connectivity index (χ4v) is 3.00. The Balaban J connectivity index is 1.49. The summed E-state index contributed by atoms with van der Waals surface area (Å²) in [6, 6.07) is 11.3. The van der Waals surface area contributed by atoms with Gasteiger partial charge in [0.05, 0.1) is 0 Å². The minimum absolute atomic E-state index is 0.178. The first-order chi connectivity index (χ1) is 11.6. The van der Waals surface area contributed by atoms with Crippen LogP contribution in [0.3, 0.4) is 0 Å². The van der Waals surface area contributed by atoms with E-state index in [-0.39, 0.29) is 23.0 Å². The van der Waals surface area contributed by atoms with Gasteiger partial charge in [0, 0.05) is 31.3 Å². The van der Waals surface area contributed by atoms with E-state index >= 15 is 0 Å². The second kappa shape index (κ2) is 7.40. The van der Waals surface area contributed by atoms with E-state index in [9.17, 15) is 14.0 Å². The Labute approximate surface area is 139 Å². The molecule has 1 aromatic carbocycles.